The minimum absolute atomic E-state index is 0.0196. The van der Waals surface area contributed by atoms with Crippen LogP contribution in [-0.2, 0) is 9.84 Å². The lowest BCUT2D eigenvalue weighted by Crippen LogP contribution is -2.23. The van der Waals surface area contributed by atoms with E-state index in [0.717, 1.165) is 60.2 Å². The molecule has 0 aromatic heterocycles. The zero-order chi connectivity index (χ0) is 69.0. The van der Waals surface area contributed by atoms with Gasteiger partial charge >= 0.3 is 0 Å². The normalized spacial score (nSPS) is 10.3. The van der Waals surface area contributed by atoms with Gasteiger partial charge in [0, 0.05) is 22.3 Å². The molecule has 2 aliphatic rings. The van der Waals surface area contributed by atoms with Gasteiger partial charge in [0.2, 0.25) is 9.84 Å². The fourth-order valence-electron chi connectivity index (χ4n) is 8.09. The summed E-state index contributed by atoms with van der Waals surface area (Å²) in [6, 6.07) is 52.4. The molecule has 24 nitrogen and oxygen atoms in total. The molecular formula is C69H38O24S-10. The number of ether oxygens (including phenoxy) is 1. The number of ketones is 1. The molecule has 0 unspecified atom stereocenters. The number of hydrogen-bond donors (Lipinski definition) is 0. The van der Waals surface area contributed by atoms with E-state index in [4.69, 9.17) is 4.74 Å². The second-order valence-electron chi connectivity index (χ2n) is 18.9. The van der Waals surface area contributed by atoms with Crippen LogP contribution < -0.4 is 55.8 Å². The number of sulfone groups is 1. The van der Waals surface area contributed by atoms with Crippen molar-refractivity contribution in [2.75, 3.05) is 0 Å². The van der Waals surface area contributed by atoms with Crippen LogP contribution in [0.2, 0.25) is 0 Å². The molecule has 94 heavy (non-hydrogen) atoms. The van der Waals surface area contributed by atoms with Gasteiger partial charge in [-0.25, -0.2) is 8.42 Å². The number of hydrogen-bond acceptors (Lipinski definition) is 24. The number of carbonyl (C=O) groups is 11. The molecule has 0 bridgehead atoms. The SMILES string of the molecule is O=C([O-])c1cc(C(=O)[O-])c2cccccc1-2.O=C([O-])c1ccc(-c2cccc(C(=O)[O-])c2)cc1.O=C([O-])c1ccc(C(=O)c2ccc(C(=O)[O-])cc2)cc1.O=C([O-])c1ccc(Oc2ccc(C(=O)[O-])cc2)cc1.O=C([O-])c1ccc(S(=O)(=O)c2ccc(C(=O)[O-])cc2)cc1. The van der Waals surface area contributed by atoms with Crippen LogP contribution in [0.15, 0.2) is 240 Å². The van der Waals surface area contributed by atoms with E-state index in [2.05, 4.69) is 0 Å². The minimum atomic E-state index is -3.85. The van der Waals surface area contributed by atoms with Crippen molar-refractivity contribution in [3.63, 3.8) is 0 Å². The third kappa shape index (κ3) is 18.8. The maximum absolute atomic E-state index is 12.3. The van der Waals surface area contributed by atoms with E-state index in [1.165, 1.54) is 133 Å². The molecule has 2 aliphatic carbocycles. The Balaban J connectivity index is 0.000000187. The molecule has 0 fully saturated rings. The number of carboxylic acid groups (broad SMARTS) is 10. The van der Waals surface area contributed by atoms with Crippen LogP contribution in [-0.4, -0.2) is 73.9 Å². The van der Waals surface area contributed by atoms with E-state index in [9.17, 15) is 112 Å². The van der Waals surface area contributed by atoms with Crippen molar-refractivity contribution in [1.82, 2.24) is 0 Å². The summed E-state index contributed by atoms with van der Waals surface area (Å²) in [6.07, 6.45) is 0. The van der Waals surface area contributed by atoms with Crippen LogP contribution in [0.5, 0.6) is 11.5 Å². The first-order valence-corrected chi connectivity index (χ1v) is 28.0. The van der Waals surface area contributed by atoms with Gasteiger partial charge in [0.1, 0.15) is 11.5 Å². The Hall–Kier alpha value is -13.4. The van der Waals surface area contributed by atoms with Crippen molar-refractivity contribution >= 4 is 75.3 Å². The summed E-state index contributed by atoms with van der Waals surface area (Å²) in [4.78, 5) is 118. The highest BCUT2D eigenvalue weighted by Crippen LogP contribution is 2.31. The number of fused-ring (bicyclic) bond motifs is 1. The zero-order valence-electron chi connectivity index (χ0n) is 47.6. The van der Waals surface area contributed by atoms with Crippen molar-refractivity contribution in [2.45, 2.75) is 9.79 Å². The Bertz CT molecular complexity index is 4340. The number of benzene rings is 8. The highest BCUT2D eigenvalue weighted by atomic mass is 32.2. The van der Waals surface area contributed by atoms with Gasteiger partial charge in [-0.2, -0.15) is 0 Å². The lowest BCUT2D eigenvalue weighted by atomic mass is 10.0. The van der Waals surface area contributed by atoms with Gasteiger partial charge in [-0.05, 0) is 152 Å². The Morgan fingerprint density at radius 2 is 0.521 bits per heavy atom. The third-order valence-electron chi connectivity index (χ3n) is 12.9. The highest BCUT2D eigenvalue weighted by Gasteiger charge is 2.19. The van der Waals surface area contributed by atoms with E-state index < -0.39 is 69.5 Å². The summed E-state index contributed by atoms with van der Waals surface area (Å²) < 4.78 is 30.0. The van der Waals surface area contributed by atoms with E-state index in [-0.39, 0.29) is 71.2 Å². The largest absolute Gasteiger partial charge is 0.545 e. The van der Waals surface area contributed by atoms with Crippen molar-refractivity contribution in [3.8, 4) is 33.8 Å². The zero-order valence-corrected chi connectivity index (χ0v) is 48.5. The molecule has 0 N–H and O–H groups in total. The molecule has 8 aromatic rings. The van der Waals surface area contributed by atoms with E-state index >= 15 is 0 Å². The molecule has 0 atom stereocenters. The van der Waals surface area contributed by atoms with Gasteiger partial charge < -0.3 is 104 Å². The maximum Gasteiger partial charge on any atom is 0.206 e. The average molecular weight is 1280 g/mol. The predicted molar refractivity (Wildman–Crippen MR) is 306 cm³/mol. The summed E-state index contributed by atoms with van der Waals surface area (Å²) in [7, 11) is -3.85. The number of aromatic carboxylic acids is 10. The predicted octanol–water partition coefficient (Wildman–Crippen LogP) is -1.30. The topological polar surface area (TPSA) is 462 Å². The van der Waals surface area contributed by atoms with Crippen LogP contribution in [0, 0.1) is 0 Å². The quantitative estimate of drug-likeness (QED) is 0.0956. The fourth-order valence-corrected chi connectivity index (χ4v) is 9.35. The molecule has 0 aliphatic heterocycles. The molecule has 25 heteroatoms. The smallest absolute Gasteiger partial charge is 0.206 e. The molecule has 0 spiro atoms. The molecule has 10 rings (SSSR count). The van der Waals surface area contributed by atoms with Gasteiger partial charge in [-0.15, -0.1) is 0 Å². The molecule has 0 radical (unpaired) electrons. The first kappa shape index (κ1) is 69.7. The van der Waals surface area contributed by atoms with Crippen molar-refractivity contribution in [3.05, 3.63) is 297 Å². The highest BCUT2D eigenvalue weighted by molar-refractivity contribution is 7.91. The van der Waals surface area contributed by atoms with Crippen LogP contribution in [0.1, 0.15) is 120 Å². The number of rotatable bonds is 17. The molecule has 0 amide bonds. The molecular weight excluding hydrogens is 1240 g/mol. The maximum atomic E-state index is 12.3. The fraction of sp³-hybridized carbons (Fsp3) is 0. The van der Waals surface area contributed by atoms with Crippen molar-refractivity contribution < 1.29 is 117 Å². The second-order valence-corrected chi connectivity index (χ2v) is 20.9. The van der Waals surface area contributed by atoms with Crippen LogP contribution >= 0.6 is 0 Å². The average Bonchev–Trinajstić information content (AvgIpc) is 1.46. The Kier molecular flexibility index (Phi) is 23.5. The van der Waals surface area contributed by atoms with E-state index in [0.29, 0.717) is 39.3 Å². The second kappa shape index (κ2) is 31.7. The number of carbonyl (C=O) groups excluding carboxylic acids is 11. The Labute approximate surface area is 530 Å². The van der Waals surface area contributed by atoms with Crippen molar-refractivity contribution in [1.29, 1.82) is 0 Å². The lowest BCUT2D eigenvalue weighted by Gasteiger charge is -2.08. The van der Waals surface area contributed by atoms with Gasteiger partial charge in [0.15, 0.2) is 5.78 Å². The van der Waals surface area contributed by atoms with Gasteiger partial charge in [0.25, 0.3) is 0 Å². The lowest BCUT2D eigenvalue weighted by molar-refractivity contribution is -0.256. The summed E-state index contributed by atoms with van der Waals surface area (Å²) in [5.74, 6) is -12.7. The van der Waals surface area contributed by atoms with Gasteiger partial charge in [0.05, 0.1) is 69.5 Å². The van der Waals surface area contributed by atoms with Gasteiger partial charge in [-0.3, -0.25) is 4.79 Å². The first-order valence-electron chi connectivity index (χ1n) is 26.5. The number of carboxylic acids is 10. The molecule has 8 aromatic carbocycles. The van der Waals surface area contributed by atoms with E-state index in [1.54, 1.807) is 42.5 Å². The standard InChI is InChI=1S/C15H10O5.C14H10O6S.C14H10O5.C14H10O4.C12H8O4/c16-13(9-1-5-11(6-2-9)14(17)18)10-3-7-12(8-4-10)15(19)20;15-13(16)9-1-5-11(6-2-9)21(19,20)12-7-3-10(4-8-12)14(17)18;15-13(16)9-1-5-11(6-2-9)19-12-7-3-10(4-8-12)14(17)18;15-13(16)10-6-4-9(5-7-10)11-2-1-3-12(8-11)14(17)18;13-11(14)9-6-10(12(15)16)8-5-3-1-2-4-7(8)9/h1-8H,(H,17,18)(H,19,20);1-8H,(H,15,16)(H,17,18);1-8H,(H,15,16)(H,17,18);1-8H,(H,15,16)(H,17,18);1-6H,(H,13,14)(H,15,16)/p-10. The Morgan fingerprint density at radius 3 is 0.819 bits per heavy atom. The van der Waals surface area contributed by atoms with Crippen molar-refractivity contribution in [2.24, 2.45) is 0 Å². The molecule has 0 heterocycles. The Morgan fingerprint density at radius 1 is 0.245 bits per heavy atom. The van der Waals surface area contributed by atoms with Crippen LogP contribution in [0.4, 0.5) is 0 Å². The summed E-state index contributed by atoms with van der Waals surface area (Å²) in [6.45, 7) is 0. The summed E-state index contributed by atoms with van der Waals surface area (Å²) >= 11 is 0. The van der Waals surface area contributed by atoms with E-state index in [1.807, 2.05) is 0 Å². The molecule has 0 saturated heterocycles. The van der Waals surface area contributed by atoms with Crippen LogP contribution in [0.3, 0.4) is 0 Å². The summed E-state index contributed by atoms with van der Waals surface area (Å²) in [5.41, 5.74) is 2.37. The van der Waals surface area contributed by atoms with Gasteiger partial charge in [-0.1, -0.05) is 146 Å². The molecule has 474 valence electrons. The third-order valence-corrected chi connectivity index (χ3v) is 14.7. The summed E-state index contributed by atoms with van der Waals surface area (Å²) in [5, 5.41) is 107. The minimum Gasteiger partial charge on any atom is -0.545 e. The molecule has 0 saturated carbocycles. The first-order chi connectivity index (χ1) is 44.5. The monoisotopic (exact) mass is 1280 g/mol. The van der Waals surface area contributed by atoms with Crippen LogP contribution in [0.25, 0.3) is 22.3 Å².